The zero-order valence-corrected chi connectivity index (χ0v) is 19.5. The highest BCUT2D eigenvalue weighted by Crippen LogP contribution is 2.17. The standard InChI is InChI=1S/C28H25FN2O4/c1-34-27(32)23-7-3-20(4-8-23)18-30-14-11-22(12-15-30)25-13-16-31(26(29)17-25)19-21-5-9-24(10-6-21)28(33)35-2/h3-17H,18-19H2,1-2H3/q+2. The van der Waals surface area contributed by atoms with E-state index < -0.39 is 5.97 Å². The van der Waals surface area contributed by atoms with Crippen molar-refractivity contribution in [2.24, 2.45) is 0 Å². The zero-order chi connectivity index (χ0) is 24.8. The van der Waals surface area contributed by atoms with Crippen molar-refractivity contribution >= 4 is 11.9 Å². The highest BCUT2D eigenvalue weighted by Gasteiger charge is 2.15. The highest BCUT2D eigenvalue weighted by atomic mass is 19.1. The molecule has 0 fully saturated rings. The number of ether oxygens (including phenoxy) is 2. The van der Waals surface area contributed by atoms with E-state index in [1.165, 1.54) is 24.9 Å². The molecule has 0 amide bonds. The number of carbonyl (C=O) groups is 2. The molecule has 0 bridgehead atoms. The minimum absolute atomic E-state index is 0.344. The Balaban J connectivity index is 1.42. The van der Waals surface area contributed by atoms with Crippen molar-refractivity contribution in [1.82, 2.24) is 0 Å². The van der Waals surface area contributed by atoms with Gasteiger partial charge in [0.2, 0.25) is 0 Å². The number of esters is 2. The number of hydrogen-bond donors (Lipinski definition) is 0. The summed E-state index contributed by atoms with van der Waals surface area (Å²) < 4.78 is 27.8. The van der Waals surface area contributed by atoms with Gasteiger partial charge in [-0.1, -0.05) is 24.3 Å². The van der Waals surface area contributed by atoms with Gasteiger partial charge < -0.3 is 9.47 Å². The van der Waals surface area contributed by atoms with Crippen molar-refractivity contribution in [1.29, 1.82) is 0 Å². The molecule has 0 aliphatic heterocycles. The molecule has 7 heteroatoms. The van der Waals surface area contributed by atoms with Crippen LogP contribution in [0.3, 0.4) is 0 Å². The Morgan fingerprint density at radius 3 is 1.66 bits per heavy atom. The number of halogens is 1. The van der Waals surface area contributed by atoms with Gasteiger partial charge >= 0.3 is 17.9 Å². The van der Waals surface area contributed by atoms with Crippen molar-refractivity contribution in [3.63, 3.8) is 0 Å². The number of pyridine rings is 2. The van der Waals surface area contributed by atoms with E-state index in [0.29, 0.717) is 24.2 Å². The van der Waals surface area contributed by atoms with Crippen LogP contribution in [0.2, 0.25) is 0 Å². The summed E-state index contributed by atoms with van der Waals surface area (Å²) in [4.78, 5) is 23.1. The number of methoxy groups -OCH3 is 2. The predicted molar refractivity (Wildman–Crippen MR) is 126 cm³/mol. The second kappa shape index (κ2) is 10.7. The molecule has 2 aromatic carbocycles. The van der Waals surface area contributed by atoms with Crippen LogP contribution in [-0.2, 0) is 22.6 Å². The second-order valence-corrected chi connectivity index (χ2v) is 8.00. The average molecular weight is 473 g/mol. The fourth-order valence-corrected chi connectivity index (χ4v) is 3.70. The first-order valence-corrected chi connectivity index (χ1v) is 11.0. The highest BCUT2D eigenvalue weighted by molar-refractivity contribution is 5.89. The number of benzene rings is 2. The van der Waals surface area contributed by atoms with E-state index in [0.717, 1.165) is 22.3 Å². The first-order chi connectivity index (χ1) is 17.0. The van der Waals surface area contributed by atoms with Gasteiger partial charge in [-0.05, 0) is 35.4 Å². The Labute approximate surface area is 202 Å². The number of aromatic nitrogens is 2. The van der Waals surface area contributed by atoms with Crippen molar-refractivity contribution < 1.29 is 32.6 Å². The smallest absolute Gasteiger partial charge is 0.360 e. The number of nitrogens with zero attached hydrogens (tertiary/aromatic N) is 2. The quantitative estimate of drug-likeness (QED) is 0.234. The van der Waals surface area contributed by atoms with Gasteiger partial charge in [0.25, 0.3) is 0 Å². The van der Waals surface area contributed by atoms with Crippen molar-refractivity contribution in [3.8, 4) is 11.1 Å². The van der Waals surface area contributed by atoms with E-state index in [1.807, 2.05) is 47.3 Å². The van der Waals surface area contributed by atoms with Crippen LogP contribution in [0.1, 0.15) is 31.8 Å². The lowest BCUT2D eigenvalue weighted by atomic mass is 10.1. The molecule has 6 nitrogen and oxygen atoms in total. The van der Waals surface area contributed by atoms with Crippen molar-refractivity contribution in [3.05, 3.63) is 120 Å². The molecule has 0 atom stereocenters. The summed E-state index contributed by atoms with van der Waals surface area (Å²) in [5.41, 5.74) is 4.55. The van der Waals surface area contributed by atoms with E-state index in [9.17, 15) is 14.0 Å². The molecule has 4 rings (SSSR count). The lowest BCUT2D eigenvalue weighted by Gasteiger charge is -2.04. The third-order valence-electron chi connectivity index (χ3n) is 5.68. The largest absolute Gasteiger partial charge is 0.465 e. The van der Waals surface area contributed by atoms with Gasteiger partial charge in [-0.15, -0.1) is 4.39 Å². The predicted octanol–water partition coefficient (Wildman–Crippen LogP) is 3.74. The van der Waals surface area contributed by atoms with Crippen LogP contribution in [0.5, 0.6) is 0 Å². The first-order valence-electron chi connectivity index (χ1n) is 11.0. The van der Waals surface area contributed by atoms with E-state index in [-0.39, 0.29) is 11.9 Å². The molecule has 0 saturated heterocycles. The molecular formula is C28H25FN2O4+2. The molecule has 0 spiro atoms. The molecule has 0 radical (unpaired) electrons. The fourth-order valence-electron chi connectivity index (χ4n) is 3.70. The van der Waals surface area contributed by atoms with E-state index in [1.54, 1.807) is 42.6 Å². The second-order valence-electron chi connectivity index (χ2n) is 8.00. The van der Waals surface area contributed by atoms with Crippen LogP contribution in [0.15, 0.2) is 91.4 Å². The minimum Gasteiger partial charge on any atom is -0.465 e. The van der Waals surface area contributed by atoms with Crippen LogP contribution >= 0.6 is 0 Å². The van der Waals surface area contributed by atoms with Crippen LogP contribution in [0.25, 0.3) is 11.1 Å². The van der Waals surface area contributed by atoms with Crippen LogP contribution in [0.4, 0.5) is 4.39 Å². The third kappa shape index (κ3) is 5.76. The van der Waals surface area contributed by atoms with Gasteiger partial charge in [0.15, 0.2) is 31.7 Å². The fraction of sp³-hybridized carbons (Fsp3) is 0.143. The molecule has 0 saturated carbocycles. The summed E-state index contributed by atoms with van der Waals surface area (Å²) >= 11 is 0. The maximum Gasteiger partial charge on any atom is 0.360 e. The Kier molecular flexibility index (Phi) is 7.26. The zero-order valence-electron chi connectivity index (χ0n) is 19.5. The van der Waals surface area contributed by atoms with Crippen LogP contribution < -0.4 is 9.13 Å². The van der Waals surface area contributed by atoms with Gasteiger partial charge in [0.05, 0.1) is 25.3 Å². The monoisotopic (exact) mass is 472 g/mol. The Morgan fingerprint density at radius 2 is 1.17 bits per heavy atom. The molecule has 0 unspecified atom stereocenters. The van der Waals surface area contributed by atoms with Gasteiger partial charge in [-0.3, -0.25) is 0 Å². The summed E-state index contributed by atoms with van der Waals surface area (Å²) in [6, 6.07) is 21.4. The SMILES string of the molecule is COC(=O)c1ccc(C[n+]2ccc(-c3cc[n+](Cc4ccc(C(=O)OC)cc4)c(F)c3)cc2)cc1. The molecule has 2 heterocycles. The summed E-state index contributed by atoms with van der Waals surface area (Å²) in [6.45, 7) is 0.983. The van der Waals surface area contributed by atoms with E-state index >= 15 is 0 Å². The summed E-state index contributed by atoms with van der Waals surface area (Å²) in [7, 11) is 2.69. The maximum absolute atomic E-state index is 14.8. The lowest BCUT2D eigenvalue weighted by Crippen LogP contribution is -2.38. The molecule has 2 aromatic heterocycles. The summed E-state index contributed by atoms with van der Waals surface area (Å²) in [5, 5.41) is 0. The molecule has 176 valence electrons. The van der Waals surface area contributed by atoms with Gasteiger partial charge in [0, 0.05) is 35.4 Å². The Hall–Kier alpha value is -4.39. The molecule has 0 aliphatic rings. The normalized spacial score (nSPS) is 10.6. The number of hydrogen-bond acceptors (Lipinski definition) is 4. The Morgan fingerprint density at radius 1 is 0.686 bits per heavy atom. The van der Waals surface area contributed by atoms with Crippen molar-refractivity contribution in [2.45, 2.75) is 13.1 Å². The van der Waals surface area contributed by atoms with Gasteiger partial charge in [-0.2, -0.15) is 4.57 Å². The topological polar surface area (TPSA) is 60.4 Å². The van der Waals surface area contributed by atoms with E-state index in [4.69, 9.17) is 9.47 Å². The summed E-state index contributed by atoms with van der Waals surface area (Å²) in [6.07, 6.45) is 5.58. The lowest BCUT2D eigenvalue weighted by molar-refractivity contribution is -0.715. The maximum atomic E-state index is 14.8. The first kappa shape index (κ1) is 23.8. The molecule has 0 aliphatic carbocycles. The molecule has 0 N–H and O–H groups in total. The van der Waals surface area contributed by atoms with Gasteiger partial charge in [-0.25, -0.2) is 14.2 Å². The molecule has 35 heavy (non-hydrogen) atoms. The molecular weight excluding hydrogens is 447 g/mol. The van der Waals surface area contributed by atoms with Crippen LogP contribution in [0, 0.1) is 5.95 Å². The van der Waals surface area contributed by atoms with Gasteiger partial charge in [0.1, 0.15) is 0 Å². The Bertz CT molecular complexity index is 1340. The third-order valence-corrected chi connectivity index (χ3v) is 5.68. The van der Waals surface area contributed by atoms with Crippen LogP contribution in [-0.4, -0.2) is 26.2 Å². The molecule has 4 aromatic rings. The number of rotatable bonds is 7. The van der Waals surface area contributed by atoms with Crippen molar-refractivity contribution in [2.75, 3.05) is 14.2 Å². The summed E-state index contributed by atoms with van der Waals surface area (Å²) in [5.74, 6) is -1.12. The number of carbonyl (C=O) groups excluding carboxylic acids is 2. The average Bonchev–Trinajstić information content (AvgIpc) is 2.90. The minimum atomic E-state index is -0.402. The van der Waals surface area contributed by atoms with E-state index in [2.05, 4.69) is 0 Å².